The third-order valence-corrected chi connectivity index (χ3v) is 2.87. The summed E-state index contributed by atoms with van der Waals surface area (Å²) < 4.78 is 13.5. The SMILES string of the molecule is Cc1ccc(C(=O)NC(C)C(C)C(=O)O)c(F)c1. The van der Waals surface area contributed by atoms with E-state index in [1.54, 1.807) is 19.9 Å². The van der Waals surface area contributed by atoms with Crippen molar-refractivity contribution in [1.82, 2.24) is 5.32 Å². The molecule has 2 unspecified atom stereocenters. The minimum absolute atomic E-state index is 0.0787. The van der Waals surface area contributed by atoms with Crippen molar-refractivity contribution >= 4 is 11.9 Å². The highest BCUT2D eigenvalue weighted by molar-refractivity contribution is 5.95. The van der Waals surface area contributed by atoms with Gasteiger partial charge in [0.15, 0.2) is 0 Å². The molecule has 1 amide bonds. The number of rotatable bonds is 4. The third-order valence-electron chi connectivity index (χ3n) is 2.87. The second-order valence-corrected chi connectivity index (χ2v) is 4.37. The molecule has 18 heavy (non-hydrogen) atoms. The molecule has 5 heteroatoms. The third kappa shape index (κ3) is 3.29. The number of halogens is 1. The van der Waals surface area contributed by atoms with E-state index in [9.17, 15) is 14.0 Å². The number of carbonyl (C=O) groups excluding carboxylic acids is 1. The summed E-state index contributed by atoms with van der Waals surface area (Å²) in [5.74, 6) is -2.95. The Morgan fingerprint density at radius 1 is 1.33 bits per heavy atom. The molecule has 0 aliphatic heterocycles. The molecule has 0 aliphatic rings. The zero-order valence-electron chi connectivity index (χ0n) is 10.5. The summed E-state index contributed by atoms with van der Waals surface area (Å²) >= 11 is 0. The lowest BCUT2D eigenvalue weighted by Crippen LogP contribution is -2.40. The lowest BCUT2D eigenvalue weighted by molar-refractivity contribution is -0.141. The second-order valence-electron chi connectivity index (χ2n) is 4.37. The second kappa shape index (κ2) is 5.62. The first kappa shape index (κ1) is 14.2. The number of carboxylic acids is 1. The van der Waals surface area contributed by atoms with Crippen LogP contribution in [0.15, 0.2) is 18.2 Å². The molecule has 1 aromatic carbocycles. The Bertz CT molecular complexity index is 473. The molecule has 98 valence electrons. The molecule has 0 fully saturated rings. The number of carboxylic acid groups (broad SMARTS) is 1. The van der Waals surface area contributed by atoms with Crippen LogP contribution in [-0.4, -0.2) is 23.0 Å². The van der Waals surface area contributed by atoms with E-state index in [0.29, 0.717) is 0 Å². The zero-order valence-corrected chi connectivity index (χ0v) is 10.5. The van der Waals surface area contributed by atoms with Gasteiger partial charge in [-0.15, -0.1) is 0 Å². The van der Waals surface area contributed by atoms with Crippen LogP contribution in [0.5, 0.6) is 0 Å². The first-order chi connectivity index (χ1) is 8.32. The van der Waals surface area contributed by atoms with Crippen molar-refractivity contribution in [1.29, 1.82) is 0 Å². The summed E-state index contributed by atoms with van der Waals surface area (Å²) in [7, 11) is 0. The molecule has 0 radical (unpaired) electrons. The van der Waals surface area contributed by atoms with Gasteiger partial charge in [0.2, 0.25) is 0 Å². The molecule has 1 aromatic rings. The molecule has 0 aromatic heterocycles. The fourth-order valence-electron chi connectivity index (χ4n) is 1.43. The Morgan fingerprint density at radius 2 is 1.94 bits per heavy atom. The average Bonchev–Trinajstić information content (AvgIpc) is 2.27. The van der Waals surface area contributed by atoms with Crippen LogP contribution in [0.4, 0.5) is 4.39 Å². The highest BCUT2D eigenvalue weighted by atomic mass is 19.1. The quantitative estimate of drug-likeness (QED) is 0.862. The molecule has 4 nitrogen and oxygen atoms in total. The molecule has 0 spiro atoms. The van der Waals surface area contributed by atoms with Crippen LogP contribution in [0.2, 0.25) is 0 Å². The Labute approximate surface area is 105 Å². The minimum Gasteiger partial charge on any atom is -0.481 e. The Kier molecular flexibility index (Phi) is 4.42. The van der Waals surface area contributed by atoms with E-state index in [1.165, 1.54) is 19.1 Å². The molecule has 1 rings (SSSR count). The first-order valence-corrected chi connectivity index (χ1v) is 5.62. The average molecular weight is 253 g/mol. The Morgan fingerprint density at radius 3 is 2.44 bits per heavy atom. The van der Waals surface area contributed by atoms with Crippen molar-refractivity contribution in [3.8, 4) is 0 Å². The zero-order chi connectivity index (χ0) is 13.9. The molecule has 2 N–H and O–H groups in total. The van der Waals surface area contributed by atoms with Crippen LogP contribution in [-0.2, 0) is 4.79 Å². The highest BCUT2D eigenvalue weighted by Gasteiger charge is 2.22. The normalized spacial score (nSPS) is 13.8. The van der Waals surface area contributed by atoms with Crippen LogP contribution in [0.25, 0.3) is 0 Å². The molecular weight excluding hydrogens is 237 g/mol. The molecular formula is C13H16FNO3. The summed E-state index contributed by atoms with van der Waals surface area (Å²) in [4.78, 5) is 22.5. The number of nitrogens with one attached hydrogen (secondary N) is 1. The van der Waals surface area contributed by atoms with Gasteiger partial charge in [-0.3, -0.25) is 9.59 Å². The van der Waals surface area contributed by atoms with E-state index < -0.39 is 29.7 Å². The number of amides is 1. The smallest absolute Gasteiger partial charge is 0.308 e. The van der Waals surface area contributed by atoms with Gasteiger partial charge in [-0.2, -0.15) is 0 Å². The van der Waals surface area contributed by atoms with Gasteiger partial charge in [0, 0.05) is 6.04 Å². The molecule has 2 atom stereocenters. The maximum atomic E-state index is 13.5. The van der Waals surface area contributed by atoms with Crippen LogP contribution < -0.4 is 5.32 Å². The standard InChI is InChI=1S/C13H16FNO3/c1-7-4-5-10(11(14)6-7)12(16)15-9(3)8(2)13(17)18/h4-6,8-9H,1-3H3,(H,15,16)(H,17,18). The van der Waals surface area contributed by atoms with E-state index in [1.807, 2.05) is 0 Å². The van der Waals surface area contributed by atoms with Crippen molar-refractivity contribution in [2.75, 3.05) is 0 Å². The summed E-state index contributed by atoms with van der Waals surface area (Å²) in [5.41, 5.74) is 0.640. The fourth-order valence-corrected chi connectivity index (χ4v) is 1.43. The highest BCUT2D eigenvalue weighted by Crippen LogP contribution is 2.11. The van der Waals surface area contributed by atoms with Gasteiger partial charge in [0.25, 0.3) is 5.91 Å². The van der Waals surface area contributed by atoms with Gasteiger partial charge < -0.3 is 10.4 Å². The maximum Gasteiger partial charge on any atom is 0.308 e. The molecule has 0 saturated heterocycles. The van der Waals surface area contributed by atoms with E-state index in [0.717, 1.165) is 5.56 Å². The first-order valence-electron chi connectivity index (χ1n) is 5.62. The number of aryl methyl sites for hydroxylation is 1. The summed E-state index contributed by atoms with van der Waals surface area (Å²) in [6.07, 6.45) is 0. The summed E-state index contributed by atoms with van der Waals surface area (Å²) in [6, 6.07) is 3.71. The Balaban J connectivity index is 2.79. The van der Waals surface area contributed by atoms with Gasteiger partial charge >= 0.3 is 5.97 Å². The van der Waals surface area contributed by atoms with Gasteiger partial charge in [0.05, 0.1) is 11.5 Å². The molecule has 0 saturated carbocycles. The largest absolute Gasteiger partial charge is 0.481 e. The van der Waals surface area contributed by atoms with Crippen molar-refractivity contribution in [3.05, 3.63) is 35.1 Å². The Hall–Kier alpha value is -1.91. The van der Waals surface area contributed by atoms with Crippen molar-refractivity contribution < 1.29 is 19.1 Å². The van der Waals surface area contributed by atoms with Crippen LogP contribution in [0, 0.1) is 18.7 Å². The topological polar surface area (TPSA) is 66.4 Å². The molecule has 0 heterocycles. The summed E-state index contributed by atoms with van der Waals surface area (Å²) in [6.45, 7) is 4.78. The van der Waals surface area contributed by atoms with Gasteiger partial charge in [0.1, 0.15) is 5.82 Å². The van der Waals surface area contributed by atoms with Crippen molar-refractivity contribution in [2.24, 2.45) is 5.92 Å². The van der Waals surface area contributed by atoms with Crippen LogP contribution >= 0.6 is 0 Å². The number of aliphatic carboxylic acids is 1. The van der Waals surface area contributed by atoms with Crippen LogP contribution in [0.1, 0.15) is 29.8 Å². The van der Waals surface area contributed by atoms with Gasteiger partial charge in [-0.25, -0.2) is 4.39 Å². The number of hydrogen-bond donors (Lipinski definition) is 2. The molecule has 0 bridgehead atoms. The predicted octanol–water partition coefficient (Wildman–Crippen LogP) is 1.97. The number of hydrogen-bond acceptors (Lipinski definition) is 2. The predicted molar refractivity (Wildman–Crippen MR) is 64.9 cm³/mol. The molecule has 0 aliphatic carbocycles. The van der Waals surface area contributed by atoms with Crippen molar-refractivity contribution in [2.45, 2.75) is 26.8 Å². The number of benzene rings is 1. The monoisotopic (exact) mass is 253 g/mol. The van der Waals surface area contributed by atoms with Gasteiger partial charge in [-0.1, -0.05) is 6.07 Å². The van der Waals surface area contributed by atoms with Gasteiger partial charge in [-0.05, 0) is 38.5 Å². The van der Waals surface area contributed by atoms with E-state index in [-0.39, 0.29) is 5.56 Å². The number of carbonyl (C=O) groups is 2. The lowest BCUT2D eigenvalue weighted by atomic mass is 10.0. The van der Waals surface area contributed by atoms with E-state index in [4.69, 9.17) is 5.11 Å². The van der Waals surface area contributed by atoms with E-state index >= 15 is 0 Å². The van der Waals surface area contributed by atoms with Crippen molar-refractivity contribution in [3.63, 3.8) is 0 Å². The fraction of sp³-hybridized carbons (Fsp3) is 0.385. The van der Waals surface area contributed by atoms with Crippen LogP contribution in [0.3, 0.4) is 0 Å². The lowest BCUT2D eigenvalue weighted by Gasteiger charge is -2.18. The minimum atomic E-state index is -1.01. The summed E-state index contributed by atoms with van der Waals surface area (Å²) in [5, 5.41) is 11.3. The maximum absolute atomic E-state index is 13.5. The van der Waals surface area contributed by atoms with E-state index in [2.05, 4.69) is 5.32 Å².